The minimum atomic E-state index is -4.58. The molecule has 0 bridgehead atoms. The number of rotatable bonds is 5. The zero-order valence-electron chi connectivity index (χ0n) is 19.3. The summed E-state index contributed by atoms with van der Waals surface area (Å²) in [6.07, 6.45) is -3.53. The Balaban J connectivity index is 0.000000830. The molecule has 15 heteroatoms. The Morgan fingerprint density at radius 3 is 2.28 bits per heavy atom. The van der Waals surface area contributed by atoms with Crippen molar-refractivity contribution in [3.05, 3.63) is 53.3 Å². The zero-order valence-corrected chi connectivity index (χ0v) is 20.1. The molecule has 1 atom stereocenters. The number of nitrogens with one attached hydrogen (secondary N) is 1. The molecule has 36 heavy (non-hydrogen) atoms. The molecular formula is C21H25F5N4O5S. The van der Waals surface area contributed by atoms with E-state index >= 15 is 0 Å². The number of hydrogen-bond donors (Lipinski definition) is 2. The lowest BCUT2D eigenvalue weighted by Crippen LogP contribution is -2.52. The molecule has 1 amide bonds. The maximum atomic E-state index is 14.5. The summed E-state index contributed by atoms with van der Waals surface area (Å²) in [7, 11) is -3.67. The highest BCUT2D eigenvalue weighted by Crippen LogP contribution is 2.33. The van der Waals surface area contributed by atoms with Gasteiger partial charge in [-0.05, 0) is 18.9 Å². The van der Waals surface area contributed by atoms with Crippen LogP contribution in [0.5, 0.6) is 0 Å². The van der Waals surface area contributed by atoms with Gasteiger partial charge in [0.25, 0.3) is 16.0 Å². The Morgan fingerprint density at radius 1 is 1.22 bits per heavy atom. The van der Waals surface area contributed by atoms with E-state index in [4.69, 9.17) is 9.29 Å². The van der Waals surface area contributed by atoms with Crippen molar-refractivity contribution in [3.8, 4) is 0 Å². The Labute approximate surface area is 204 Å². The van der Waals surface area contributed by atoms with Gasteiger partial charge in [-0.3, -0.25) is 4.55 Å². The first-order chi connectivity index (χ1) is 16.5. The number of ether oxygens (including phenoxy) is 1. The molecule has 1 aromatic heterocycles. The van der Waals surface area contributed by atoms with Gasteiger partial charge in [0, 0.05) is 31.4 Å². The van der Waals surface area contributed by atoms with Crippen LogP contribution in [0.3, 0.4) is 0 Å². The monoisotopic (exact) mass is 540 g/mol. The largest absolute Gasteiger partial charge is 0.445 e. The Bertz CT molecular complexity index is 1110. The number of halogens is 5. The van der Waals surface area contributed by atoms with Crippen LogP contribution in [0, 0.1) is 12.8 Å². The van der Waals surface area contributed by atoms with Gasteiger partial charge in [-0.1, -0.05) is 29.8 Å². The molecule has 0 radical (unpaired) electrons. The number of aryl methyl sites for hydroxylation is 1. The van der Waals surface area contributed by atoms with E-state index < -0.39 is 46.3 Å². The lowest BCUT2D eigenvalue weighted by molar-refractivity contribution is -0.138. The first-order valence-corrected chi connectivity index (χ1v) is 12.3. The van der Waals surface area contributed by atoms with Crippen molar-refractivity contribution in [3.63, 3.8) is 0 Å². The summed E-state index contributed by atoms with van der Waals surface area (Å²) in [4.78, 5) is 20.1. The first-order valence-electron chi connectivity index (χ1n) is 10.5. The summed E-state index contributed by atoms with van der Waals surface area (Å²) in [5, 5.41) is 2.54. The van der Waals surface area contributed by atoms with Gasteiger partial charge in [-0.15, -0.1) is 0 Å². The normalized spacial score (nSPS) is 17.6. The number of amides is 1. The van der Waals surface area contributed by atoms with Gasteiger partial charge in [0.2, 0.25) is 5.95 Å². The predicted octanol–water partition coefficient (Wildman–Crippen LogP) is 4.01. The summed E-state index contributed by atoms with van der Waals surface area (Å²) in [6.45, 7) is 0.922. The van der Waals surface area contributed by atoms with Crippen LogP contribution in [0.25, 0.3) is 0 Å². The van der Waals surface area contributed by atoms with Gasteiger partial charge in [0.15, 0.2) is 0 Å². The van der Waals surface area contributed by atoms with Crippen molar-refractivity contribution in [2.75, 3.05) is 31.2 Å². The Kier molecular flexibility index (Phi) is 9.54. The molecule has 0 saturated carbocycles. The molecule has 2 heterocycles. The van der Waals surface area contributed by atoms with Crippen LogP contribution in [0.2, 0.25) is 0 Å². The van der Waals surface area contributed by atoms with E-state index in [2.05, 4.69) is 15.3 Å². The van der Waals surface area contributed by atoms with E-state index in [1.165, 1.54) is 0 Å². The summed E-state index contributed by atoms with van der Waals surface area (Å²) in [6, 6.07) is 7.29. The number of anilines is 1. The maximum Gasteiger partial charge on any atom is 0.419 e. The average molecular weight is 541 g/mol. The highest BCUT2D eigenvalue weighted by molar-refractivity contribution is 7.85. The number of piperidine rings is 1. The van der Waals surface area contributed by atoms with Gasteiger partial charge in [-0.2, -0.15) is 21.6 Å². The molecule has 2 aromatic rings. The molecule has 0 aliphatic carbocycles. The molecule has 1 saturated heterocycles. The van der Waals surface area contributed by atoms with Crippen molar-refractivity contribution in [2.45, 2.75) is 32.1 Å². The number of likely N-dealkylation sites (tertiary alicyclic amines) is 1. The second-order valence-corrected chi connectivity index (χ2v) is 9.58. The number of hydrogen-bond acceptors (Lipinski definition) is 7. The average Bonchev–Trinajstić information content (AvgIpc) is 2.75. The van der Waals surface area contributed by atoms with Gasteiger partial charge >= 0.3 is 12.3 Å². The van der Waals surface area contributed by atoms with Gasteiger partial charge in [0.1, 0.15) is 6.61 Å². The minimum Gasteiger partial charge on any atom is -0.445 e. The molecule has 9 nitrogen and oxygen atoms in total. The Morgan fingerprint density at radius 2 is 1.78 bits per heavy atom. The number of carbonyl (C=O) groups is 1. The molecule has 2 N–H and O–H groups in total. The molecule has 0 unspecified atom stereocenters. The van der Waals surface area contributed by atoms with E-state index in [1.807, 2.05) is 19.1 Å². The van der Waals surface area contributed by atoms with E-state index in [-0.39, 0.29) is 32.1 Å². The lowest BCUT2D eigenvalue weighted by Gasteiger charge is -2.37. The van der Waals surface area contributed by atoms with Gasteiger partial charge < -0.3 is 15.0 Å². The third kappa shape index (κ3) is 9.89. The van der Waals surface area contributed by atoms with Crippen LogP contribution in [0.4, 0.5) is 32.7 Å². The number of alkyl halides is 5. The van der Waals surface area contributed by atoms with Gasteiger partial charge in [-0.25, -0.2) is 23.5 Å². The van der Waals surface area contributed by atoms with E-state index in [9.17, 15) is 35.2 Å². The summed E-state index contributed by atoms with van der Waals surface area (Å²) in [5.74, 6) is -4.52. The molecule has 3 rings (SSSR count). The summed E-state index contributed by atoms with van der Waals surface area (Å²) >= 11 is 0. The number of aromatic nitrogens is 2. The molecule has 1 fully saturated rings. The summed E-state index contributed by atoms with van der Waals surface area (Å²) < 4.78 is 97.6. The molecule has 200 valence electrons. The van der Waals surface area contributed by atoms with Crippen molar-refractivity contribution < 1.29 is 44.5 Å². The molecule has 1 aliphatic rings. The van der Waals surface area contributed by atoms with Crippen molar-refractivity contribution >= 4 is 22.2 Å². The summed E-state index contributed by atoms with van der Waals surface area (Å²) in [5.41, 5.74) is 0.772. The van der Waals surface area contributed by atoms with Crippen LogP contribution >= 0.6 is 0 Å². The second-order valence-electron chi connectivity index (χ2n) is 8.12. The fourth-order valence-electron chi connectivity index (χ4n) is 3.09. The van der Waals surface area contributed by atoms with Gasteiger partial charge in [0.05, 0.1) is 18.4 Å². The first kappa shape index (κ1) is 29.2. The highest BCUT2D eigenvalue weighted by atomic mass is 32.2. The topological polar surface area (TPSA) is 122 Å². The molecule has 1 aliphatic heterocycles. The SMILES string of the molecule is CS(=O)(=O)O.Cc1ccc(COC(=O)N2CC[C@H](CNc3ncc(C(F)(F)F)cn3)C(F)(F)C2)cc1. The highest BCUT2D eigenvalue weighted by Gasteiger charge is 2.46. The minimum absolute atomic E-state index is 0.0136. The van der Waals surface area contributed by atoms with Crippen molar-refractivity contribution in [1.29, 1.82) is 0 Å². The predicted molar refractivity (Wildman–Crippen MR) is 119 cm³/mol. The van der Waals surface area contributed by atoms with Crippen LogP contribution in [0.1, 0.15) is 23.1 Å². The van der Waals surface area contributed by atoms with Crippen molar-refractivity contribution in [1.82, 2.24) is 14.9 Å². The maximum absolute atomic E-state index is 14.5. The molecule has 1 aromatic carbocycles. The van der Waals surface area contributed by atoms with E-state index in [0.29, 0.717) is 18.6 Å². The smallest absolute Gasteiger partial charge is 0.419 e. The van der Waals surface area contributed by atoms with Crippen LogP contribution in [-0.2, 0) is 27.6 Å². The van der Waals surface area contributed by atoms with E-state index in [1.54, 1.807) is 12.1 Å². The second kappa shape index (κ2) is 11.8. The van der Waals surface area contributed by atoms with Crippen LogP contribution in [0.15, 0.2) is 36.7 Å². The quantitative estimate of drug-likeness (QED) is 0.431. The number of carbonyl (C=O) groups excluding carboxylic acids is 1. The van der Waals surface area contributed by atoms with E-state index in [0.717, 1.165) is 16.0 Å². The number of benzene rings is 1. The number of nitrogens with zero attached hydrogens (tertiary/aromatic N) is 3. The Hall–Kier alpha value is -3.07. The third-order valence-electron chi connectivity index (χ3n) is 4.97. The fourth-order valence-corrected chi connectivity index (χ4v) is 3.09. The van der Waals surface area contributed by atoms with Crippen LogP contribution < -0.4 is 5.32 Å². The van der Waals surface area contributed by atoms with Crippen molar-refractivity contribution in [2.24, 2.45) is 5.92 Å². The standard InChI is InChI=1S/C20H21F5N4O2.CH4O3S/c1-13-2-4-14(5-3-13)11-31-18(30)29-7-6-15(19(21,22)12-29)8-26-17-27-9-16(10-28-17)20(23,24)25;1-5(2,3)4/h2-5,9-10,15H,6-8,11-12H2,1H3,(H,26,27,28);1H3,(H,2,3,4)/t15-;/m1./s1. The molecular weight excluding hydrogens is 515 g/mol. The third-order valence-corrected chi connectivity index (χ3v) is 4.97. The van der Waals surface area contributed by atoms with Crippen LogP contribution in [-0.4, -0.2) is 65.7 Å². The molecule has 0 spiro atoms. The fraction of sp³-hybridized carbons (Fsp3) is 0.476. The zero-order chi connectivity index (χ0) is 27.1. The lowest BCUT2D eigenvalue weighted by atomic mass is 9.93.